The molecule has 0 aromatic heterocycles. The Hall–Kier alpha value is -1.25. The number of nitriles is 1. The Bertz CT molecular complexity index is 503. The Morgan fingerprint density at radius 3 is 2.56 bits per heavy atom. The highest BCUT2D eigenvalue weighted by Crippen LogP contribution is 2.20. The standard InChI is InChI=1S/C13H17FN2OS/c1-9(16-18(17)13(2,3)4)11-7-10(8-15)5-6-12(11)14/h5-7,9,16H,1-4H3/t9-,18-/m0/s1. The Morgan fingerprint density at radius 1 is 1.44 bits per heavy atom. The number of hydrogen-bond donors (Lipinski definition) is 1. The Morgan fingerprint density at radius 2 is 2.06 bits per heavy atom. The molecule has 98 valence electrons. The normalized spacial score (nSPS) is 14.9. The lowest BCUT2D eigenvalue weighted by molar-refractivity contribution is 0.571. The van der Waals surface area contributed by atoms with Crippen molar-refractivity contribution in [2.45, 2.75) is 38.5 Å². The fourth-order valence-corrected chi connectivity index (χ4v) is 2.15. The summed E-state index contributed by atoms with van der Waals surface area (Å²) in [7, 11) is -1.28. The first kappa shape index (κ1) is 14.8. The molecule has 3 nitrogen and oxygen atoms in total. The van der Waals surface area contributed by atoms with Gasteiger partial charge in [-0.25, -0.2) is 13.3 Å². The molecule has 0 aliphatic rings. The molecule has 2 atom stereocenters. The molecule has 0 unspecified atom stereocenters. The van der Waals surface area contributed by atoms with Gasteiger partial charge in [-0.3, -0.25) is 0 Å². The Kier molecular flexibility index (Phi) is 4.60. The van der Waals surface area contributed by atoms with E-state index in [1.165, 1.54) is 18.2 Å². The predicted octanol–water partition coefficient (Wildman–Crippen LogP) is 2.81. The summed E-state index contributed by atoms with van der Waals surface area (Å²) in [6.07, 6.45) is 0. The predicted molar refractivity (Wildman–Crippen MR) is 70.6 cm³/mol. The van der Waals surface area contributed by atoms with Gasteiger partial charge in [0.15, 0.2) is 0 Å². The average Bonchev–Trinajstić information content (AvgIpc) is 2.28. The molecule has 1 N–H and O–H groups in total. The molecule has 0 heterocycles. The molecule has 0 saturated carbocycles. The summed E-state index contributed by atoms with van der Waals surface area (Å²) in [5.41, 5.74) is 0.744. The van der Waals surface area contributed by atoms with Crippen molar-refractivity contribution in [3.8, 4) is 6.07 Å². The van der Waals surface area contributed by atoms with E-state index >= 15 is 0 Å². The van der Waals surface area contributed by atoms with Crippen molar-refractivity contribution in [2.75, 3.05) is 0 Å². The zero-order valence-electron chi connectivity index (χ0n) is 11.0. The number of nitrogens with one attached hydrogen (secondary N) is 1. The number of hydrogen-bond acceptors (Lipinski definition) is 2. The summed E-state index contributed by atoms with van der Waals surface area (Å²) in [6.45, 7) is 7.24. The summed E-state index contributed by atoms with van der Waals surface area (Å²) in [6, 6.07) is 5.70. The highest BCUT2D eigenvalue weighted by Gasteiger charge is 2.22. The van der Waals surface area contributed by atoms with Gasteiger partial charge in [0.2, 0.25) is 0 Å². The topological polar surface area (TPSA) is 52.9 Å². The second-order valence-corrected chi connectivity index (χ2v) is 7.07. The molecular weight excluding hydrogens is 251 g/mol. The van der Waals surface area contributed by atoms with E-state index in [4.69, 9.17) is 5.26 Å². The van der Waals surface area contributed by atoms with Crippen LogP contribution in [-0.4, -0.2) is 8.96 Å². The molecule has 1 aromatic carbocycles. The Balaban J connectivity index is 2.95. The molecule has 1 aromatic rings. The molecule has 0 radical (unpaired) electrons. The highest BCUT2D eigenvalue weighted by molar-refractivity contribution is 7.84. The SMILES string of the molecule is C[C@H](N[S@@](=O)C(C)(C)C)c1cc(C#N)ccc1F. The molecule has 1 rings (SSSR count). The summed E-state index contributed by atoms with van der Waals surface area (Å²) in [4.78, 5) is 0. The lowest BCUT2D eigenvalue weighted by atomic mass is 10.1. The van der Waals surface area contributed by atoms with Crippen molar-refractivity contribution in [1.29, 1.82) is 5.26 Å². The van der Waals surface area contributed by atoms with Crippen LogP contribution in [-0.2, 0) is 11.0 Å². The molecule has 0 fully saturated rings. The van der Waals surface area contributed by atoms with Crippen molar-refractivity contribution in [1.82, 2.24) is 4.72 Å². The van der Waals surface area contributed by atoms with Gasteiger partial charge in [0.05, 0.1) is 27.4 Å². The fraction of sp³-hybridized carbons (Fsp3) is 0.462. The molecule has 0 aliphatic carbocycles. The maximum absolute atomic E-state index is 13.7. The van der Waals surface area contributed by atoms with Gasteiger partial charge in [0.1, 0.15) is 5.82 Å². The number of benzene rings is 1. The minimum Gasteiger partial charge on any atom is -0.242 e. The molecule has 0 saturated heterocycles. The molecule has 18 heavy (non-hydrogen) atoms. The molecule has 0 aliphatic heterocycles. The third kappa shape index (κ3) is 3.62. The molecule has 0 bridgehead atoms. The maximum atomic E-state index is 13.7. The first-order valence-corrected chi connectivity index (χ1v) is 6.78. The van der Waals surface area contributed by atoms with Gasteiger partial charge < -0.3 is 0 Å². The van der Waals surface area contributed by atoms with E-state index in [-0.39, 0.29) is 0 Å². The van der Waals surface area contributed by atoms with Gasteiger partial charge in [-0.2, -0.15) is 5.26 Å². The largest absolute Gasteiger partial charge is 0.242 e. The fourth-order valence-electron chi connectivity index (χ4n) is 1.35. The Labute approximate surface area is 110 Å². The van der Waals surface area contributed by atoms with Gasteiger partial charge in [-0.05, 0) is 45.9 Å². The maximum Gasteiger partial charge on any atom is 0.128 e. The van der Waals surface area contributed by atoms with Crippen LogP contribution in [0.3, 0.4) is 0 Å². The third-order valence-electron chi connectivity index (χ3n) is 2.43. The van der Waals surface area contributed by atoms with Crippen LogP contribution in [0.1, 0.15) is 44.9 Å². The van der Waals surface area contributed by atoms with Gasteiger partial charge in [-0.15, -0.1) is 0 Å². The van der Waals surface area contributed by atoms with Crippen molar-refractivity contribution in [3.05, 3.63) is 35.1 Å². The lowest BCUT2D eigenvalue weighted by Gasteiger charge is -2.22. The van der Waals surface area contributed by atoms with Crippen LogP contribution in [0.25, 0.3) is 0 Å². The summed E-state index contributed by atoms with van der Waals surface area (Å²) >= 11 is 0. The smallest absolute Gasteiger partial charge is 0.128 e. The molecule has 5 heteroatoms. The molecule has 0 amide bonds. The highest BCUT2D eigenvalue weighted by atomic mass is 32.2. The van der Waals surface area contributed by atoms with E-state index in [1.807, 2.05) is 26.8 Å². The monoisotopic (exact) mass is 268 g/mol. The summed E-state index contributed by atoms with van der Waals surface area (Å²) in [5.74, 6) is -0.403. The van der Waals surface area contributed by atoms with Crippen LogP contribution in [0.15, 0.2) is 18.2 Å². The minimum atomic E-state index is -1.28. The molecular formula is C13H17FN2OS. The quantitative estimate of drug-likeness (QED) is 0.916. The minimum absolute atomic E-state index is 0.353. The van der Waals surface area contributed by atoms with Crippen molar-refractivity contribution < 1.29 is 8.60 Å². The van der Waals surface area contributed by atoms with Gasteiger partial charge >= 0.3 is 0 Å². The summed E-state index contributed by atoms with van der Waals surface area (Å²) in [5, 5.41) is 8.79. The van der Waals surface area contributed by atoms with Crippen molar-refractivity contribution in [2.24, 2.45) is 0 Å². The first-order valence-electron chi connectivity index (χ1n) is 5.63. The van der Waals surface area contributed by atoms with Crippen molar-refractivity contribution in [3.63, 3.8) is 0 Å². The van der Waals surface area contributed by atoms with E-state index in [1.54, 1.807) is 6.92 Å². The molecule has 0 spiro atoms. The van der Waals surface area contributed by atoms with E-state index in [0.29, 0.717) is 11.1 Å². The van der Waals surface area contributed by atoms with Crippen molar-refractivity contribution >= 4 is 11.0 Å². The number of halogens is 1. The van der Waals surface area contributed by atoms with E-state index < -0.39 is 27.6 Å². The lowest BCUT2D eigenvalue weighted by Crippen LogP contribution is -2.35. The van der Waals surface area contributed by atoms with Crippen LogP contribution < -0.4 is 4.72 Å². The van der Waals surface area contributed by atoms with Gasteiger partial charge in [0.25, 0.3) is 0 Å². The van der Waals surface area contributed by atoms with E-state index in [0.717, 1.165) is 0 Å². The van der Waals surface area contributed by atoms with E-state index in [2.05, 4.69) is 4.72 Å². The second-order valence-electron chi connectivity index (χ2n) is 5.07. The summed E-state index contributed by atoms with van der Waals surface area (Å²) < 4.78 is 28.0. The second kappa shape index (κ2) is 5.59. The van der Waals surface area contributed by atoms with E-state index in [9.17, 15) is 8.60 Å². The van der Waals surface area contributed by atoms with Crippen LogP contribution >= 0.6 is 0 Å². The number of nitrogens with zero attached hydrogens (tertiary/aromatic N) is 1. The zero-order valence-corrected chi connectivity index (χ0v) is 11.8. The van der Waals surface area contributed by atoms with Crippen LogP contribution in [0.2, 0.25) is 0 Å². The van der Waals surface area contributed by atoms with Crippen LogP contribution in [0, 0.1) is 17.1 Å². The van der Waals surface area contributed by atoms with Crippen LogP contribution in [0.4, 0.5) is 4.39 Å². The van der Waals surface area contributed by atoms with Gasteiger partial charge in [0, 0.05) is 11.6 Å². The first-order chi connectivity index (χ1) is 8.25. The van der Waals surface area contributed by atoms with Crippen LogP contribution in [0.5, 0.6) is 0 Å². The average molecular weight is 268 g/mol. The van der Waals surface area contributed by atoms with Gasteiger partial charge in [-0.1, -0.05) is 0 Å². The number of rotatable bonds is 3. The zero-order chi connectivity index (χ0) is 13.9. The third-order valence-corrected chi connectivity index (χ3v) is 4.11.